The molecular formula is C17H19ClF5N7O. The molecule has 170 valence electrons. The Bertz CT molecular complexity index is 949. The summed E-state index contributed by atoms with van der Waals surface area (Å²) < 4.78 is 74.5. The lowest BCUT2D eigenvalue weighted by atomic mass is 9.99. The molecule has 4 rings (SSSR count). The summed E-state index contributed by atoms with van der Waals surface area (Å²) in [6, 6.07) is -1.21. The van der Waals surface area contributed by atoms with Gasteiger partial charge in [-0.3, -0.25) is 4.90 Å². The molecule has 2 N–H and O–H groups in total. The Balaban J connectivity index is 1.56. The Morgan fingerprint density at radius 3 is 2.61 bits per heavy atom. The molecule has 2 aromatic heterocycles. The number of nitrogens with one attached hydrogen (secondary N) is 2. The SMILES string of the molecule is CNc1nc(Nc2cnn(C3CN(C4COC4)CCC3(F)F)c2Cl)ncc1C(F)(F)F. The molecule has 0 amide bonds. The second-order valence-corrected chi connectivity index (χ2v) is 7.69. The van der Waals surface area contributed by atoms with Gasteiger partial charge in [0.05, 0.1) is 31.1 Å². The van der Waals surface area contributed by atoms with Gasteiger partial charge >= 0.3 is 6.18 Å². The van der Waals surface area contributed by atoms with Crippen molar-refractivity contribution in [3.8, 4) is 0 Å². The van der Waals surface area contributed by atoms with E-state index in [1.807, 2.05) is 4.90 Å². The van der Waals surface area contributed by atoms with Gasteiger partial charge in [-0.2, -0.15) is 23.3 Å². The van der Waals surface area contributed by atoms with Crippen molar-refractivity contribution in [2.75, 3.05) is 44.0 Å². The summed E-state index contributed by atoms with van der Waals surface area (Å²) in [5.41, 5.74) is -0.937. The fraction of sp³-hybridized carbons (Fsp3) is 0.588. The largest absolute Gasteiger partial charge is 0.421 e. The standard InChI is InChI=1S/C17H19ClF5N7O/c1-24-14-10(17(21,22)23)4-25-15(28-14)27-11-5-26-30(13(11)18)12-6-29(9-7-31-8-9)3-2-16(12,19)20/h4-5,9,12H,2-3,6-8H2,1H3,(H2,24,25,27,28). The minimum absolute atomic E-state index is 0.0442. The third-order valence-electron chi connectivity index (χ3n) is 5.37. The van der Waals surface area contributed by atoms with E-state index in [1.165, 1.54) is 13.2 Å². The van der Waals surface area contributed by atoms with E-state index >= 15 is 0 Å². The molecule has 0 aromatic carbocycles. The molecule has 1 atom stereocenters. The van der Waals surface area contributed by atoms with Gasteiger partial charge in [0.15, 0.2) is 5.15 Å². The van der Waals surface area contributed by atoms with E-state index < -0.39 is 29.5 Å². The molecule has 2 fully saturated rings. The zero-order chi connectivity index (χ0) is 22.4. The van der Waals surface area contributed by atoms with Gasteiger partial charge in [0.2, 0.25) is 5.95 Å². The maximum absolute atomic E-state index is 14.6. The van der Waals surface area contributed by atoms with Crippen molar-refractivity contribution in [2.45, 2.75) is 30.6 Å². The number of halogens is 6. The van der Waals surface area contributed by atoms with Crippen LogP contribution in [0.15, 0.2) is 12.4 Å². The van der Waals surface area contributed by atoms with Gasteiger partial charge in [0.25, 0.3) is 5.92 Å². The van der Waals surface area contributed by atoms with Gasteiger partial charge < -0.3 is 15.4 Å². The maximum Gasteiger partial charge on any atom is 0.421 e. The second-order valence-electron chi connectivity index (χ2n) is 7.34. The Morgan fingerprint density at radius 2 is 2.00 bits per heavy atom. The molecule has 0 saturated carbocycles. The van der Waals surface area contributed by atoms with Gasteiger partial charge in [0.1, 0.15) is 17.4 Å². The number of hydrogen-bond acceptors (Lipinski definition) is 7. The summed E-state index contributed by atoms with van der Waals surface area (Å²) in [5.74, 6) is -3.66. The van der Waals surface area contributed by atoms with Crippen molar-refractivity contribution in [3.05, 3.63) is 23.1 Å². The number of ether oxygens (including phenoxy) is 1. The molecule has 0 aliphatic carbocycles. The van der Waals surface area contributed by atoms with Crippen LogP contribution in [0.4, 0.5) is 39.4 Å². The molecule has 0 radical (unpaired) electrons. The topological polar surface area (TPSA) is 80.1 Å². The molecule has 2 aliphatic rings. The number of piperidine rings is 1. The van der Waals surface area contributed by atoms with Crippen LogP contribution in [0.25, 0.3) is 0 Å². The first-order valence-electron chi connectivity index (χ1n) is 9.42. The smallest absolute Gasteiger partial charge is 0.378 e. The molecule has 1 unspecified atom stereocenters. The van der Waals surface area contributed by atoms with E-state index in [0.717, 1.165) is 4.68 Å². The predicted octanol–water partition coefficient (Wildman–Crippen LogP) is 3.41. The van der Waals surface area contributed by atoms with Gasteiger partial charge in [-0.05, 0) is 0 Å². The fourth-order valence-electron chi connectivity index (χ4n) is 3.54. The summed E-state index contributed by atoms with van der Waals surface area (Å²) >= 11 is 6.30. The highest BCUT2D eigenvalue weighted by atomic mass is 35.5. The number of nitrogens with zero attached hydrogens (tertiary/aromatic N) is 5. The lowest BCUT2D eigenvalue weighted by Gasteiger charge is -2.44. The van der Waals surface area contributed by atoms with Crippen molar-refractivity contribution in [3.63, 3.8) is 0 Å². The van der Waals surface area contributed by atoms with Crippen molar-refractivity contribution < 1.29 is 26.7 Å². The number of anilines is 3. The van der Waals surface area contributed by atoms with Crippen LogP contribution in [0.2, 0.25) is 5.15 Å². The highest BCUT2D eigenvalue weighted by Gasteiger charge is 2.48. The second kappa shape index (κ2) is 8.02. The quantitative estimate of drug-likeness (QED) is 0.652. The van der Waals surface area contributed by atoms with E-state index in [9.17, 15) is 22.0 Å². The zero-order valence-corrected chi connectivity index (χ0v) is 17.0. The Labute approximate surface area is 178 Å². The molecule has 0 bridgehead atoms. The first kappa shape index (κ1) is 22.0. The molecular weight excluding hydrogens is 449 g/mol. The molecule has 2 aliphatic heterocycles. The van der Waals surface area contributed by atoms with Gasteiger partial charge in [0, 0.05) is 32.8 Å². The average molecular weight is 468 g/mol. The minimum Gasteiger partial charge on any atom is -0.378 e. The number of alkyl halides is 5. The molecule has 8 nitrogen and oxygen atoms in total. The normalized spacial score (nSPS) is 22.2. The summed E-state index contributed by atoms with van der Waals surface area (Å²) in [5, 5.41) is 8.88. The molecule has 4 heterocycles. The molecule has 31 heavy (non-hydrogen) atoms. The molecule has 0 spiro atoms. The van der Waals surface area contributed by atoms with Crippen molar-refractivity contribution in [1.29, 1.82) is 0 Å². The van der Waals surface area contributed by atoms with E-state index in [2.05, 4.69) is 25.7 Å². The van der Waals surface area contributed by atoms with Crippen LogP contribution in [-0.2, 0) is 10.9 Å². The lowest BCUT2D eigenvalue weighted by Crippen LogP contribution is -2.57. The van der Waals surface area contributed by atoms with Crippen molar-refractivity contribution in [2.24, 2.45) is 0 Å². The molecule has 2 saturated heterocycles. The first-order valence-corrected chi connectivity index (χ1v) is 9.79. The molecule has 2 aromatic rings. The van der Waals surface area contributed by atoms with Crippen LogP contribution in [-0.4, -0.2) is 70.0 Å². The van der Waals surface area contributed by atoms with Crippen molar-refractivity contribution >= 4 is 29.1 Å². The Kier molecular flexibility index (Phi) is 5.68. The monoisotopic (exact) mass is 467 g/mol. The van der Waals surface area contributed by atoms with E-state index in [-0.39, 0.29) is 42.3 Å². The van der Waals surface area contributed by atoms with Crippen LogP contribution < -0.4 is 10.6 Å². The number of aromatic nitrogens is 4. The van der Waals surface area contributed by atoms with E-state index in [0.29, 0.717) is 19.4 Å². The van der Waals surface area contributed by atoms with Gasteiger partial charge in [-0.25, -0.2) is 18.4 Å². The summed E-state index contributed by atoms with van der Waals surface area (Å²) in [4.78, 5) is 9.35. The Hall–Kier alpha value is -2.25. The number of likely N-dealkylation sites (tertiary alicyclic amines) is 1. The van der Waals surface area contributed by atoms with E-state index in [4.69, 9.17) is 16.3 Å². The van der Waals surface area contributed by atoms with Crippen LogP contribution in [0, 0.1) is 0 Å². The van der Waals surface area contributed by atoms with Crippen LogP contribution in [0.5, 0.6) is 0 Å². The van der Waals surface area contributed by atoms with E-state index in [1.54, 1.807) is 0 Å². The third kappa shape index (κ3) is 4.26. The van der Waals surface area contributed by atoms with Crippen LogP contribution in [0.1, 0.15) is 18.0 Å². The van der Waals surface area contributed by atoms with Crippen LogP contribution >= 0.6 is 11.6 Å². The summed E-state index contributed by atoms with van der Waals surface area (Å²) in [7, 11) is 1.29. The summed E-state index contributed by atoms with van der Waals surface area (Å²) in [6.07, 6.45) is -3.15. The fourth-order valence-corrected chi connectivity index (χ4v) is 3.79. The van der Waals surface area contributed by atoms with Gasteiger partial charge in [-0.15, -0.1) is 0 Å². The van der Waals surface area contributed by atoms with Crippen LogP contribution in [0.3, 0.4) is 0 Å². The zero-order valence-electron chi connectivity index (χ0n) is 16.3. The Morgan fingerprint density at radius 1 is 1.26 bits per heavy atom. The van der Waals surface area contributed by atoms with Crippen molar-refractivity contribution in [1.82, 2.24) is 24.6 Å². The highest BCUT2D eigenvalue weighted by Crippen LogP contribution is 2.41. The number of hydrogen-bond donors (Lipinski definition) is 2. The summed E-state index contributed by atoms with van der Waals surface area (Å²) in [6.45, 7) is 1.28. The molecule has 14 heteroatoms. The minimum atomic E-state index is -4.64. The van der Waals surface area contributed by atoms with Gasteiger partial charge in [-0.1, -0.05) is 11.6 Å². The lowest BCUT2D eigenvalue weighted by molar-refractivity contribution is -0.140. The first-order chi connectivity index (χ1) is 14.6. The third-order valence-corrected chi connectivity index (χ3v) is 5.75. The predicted molar refractivity (Wildman–Crippen MR) is 102 cm³/mol. The number of rotatable bonds is 5. The highest BCUT2D eigenvalue weighted by molar-refractivity contribution is 6.32. The average Bonchev–Trinajstić information content (AvgIpc) is 3.01. The maximum atomic E-state index is 14.6.